The Bertz CT molecular complexity index is 452. The summed E-state index contributed by atoms with van der Waals surface area (Å²) < 4.78 is 53.6. The SMILES string of the molecule is NCCCSc1c(F)c(F)c(C(N)=O)c(F)c1F. The number of rotatable bonds is 5. The van der Waals surface area contributed by atoms with Crippen molar-refractivity contribution in [2.45, 2.75) is 11.3 Å². The molecule has 18 heavy (non-hydrogen) atoms. The smallest absolute Gasteiger partial charge is 0.254 e. The maximum absolute atomic E-state index is 13.4. The molecule has 0 aliphatic carbocycles. The molecule has 1 aromatic rings. The number of hydrogen-bond acceptors (Lipinski definition) is 3. The number of primary amides is 1. The third-order valence-electron chi connectivity index (χ3n) is 2.06. The molecule has 4 N–H and O–H groups in total. The Morgan fingerprint density at radius 2 is 1.56 bits per heavy atom. The number of thioether (sulfide) groups is 1. The molecular weight excluding hydrogens is 272 g/mol. The second kappa shape index (κ2) is 6.05. The Balaban J connectivity index is 3.26. The van der Waals surface area contributed by atoms with Gasteiger partial charge in [0, 0.05) is 0 Å². The highest BCUT2D eigenvalue weighted by Gasteiger charge is 2.28. The zero-order valence-corrected chi connectivity index (χ0v) is 9.92. The summed E-state index contributed by atoms with van der Waals surface area (Å²) in [7, 11) is 0. The van der Waals surface area contributed by atoms with Crippen LogP contribution in [-0.2, 0) is 0 Å². The molecule has 0 saturated heterocycles. The van der Waals surface area contributed by atoms with Crippen LogP contribution in [0, 0.1) is 23.3 Å². The standard InChI is InChI=1S/C10H10F4N2OS/c11-5-4(10(16)17)6(12)8(14)9(7(5)13)18-3-1-2-15/h1-3,15H2,(H2,16,17). The lowest BCUT2D eigenvalue weighted by molar-refractivity contribution is 0.0989. The number of carbonyl (C=O) groups is 1. The van der Waals surface area contributed by atoms with Gasteiger partial charge in [0.1, 0.15) is 5.56 Å². The number of benzene rings is 1. The first-order valence-corrected chi connectivity index (χ1v) is 5.89. The molecule has 0 unspecified atom stereocenters. The zero-order chi connectivity index (χ0) is 13.9. The van der Waals surface area contributed by atoms with Crippen LogP contribution in [0.2, 0.25) is 0 Å². The van der Waals surface area contributed by atoms with Gasteiger partial charge < -0.3 is 11.5 Å². The summed E-state index contributed by atoms with van der Waals surface area (Å²) in [6.45, 7) is 0.278. The largest absolute Gasteiger partial charge is 0.365 e. The van der Waals surface area contributed by atoms with Crippen LogP contribution in [-0.4, -0.2) is 18.2 Å². The quantitative estimate of drug-likeness (QED) is 0.374. The van der Waals surface area contributed by atoms with Crippen molar-refractivity contribution in [2.75, 3.05) is 12.3 Å². The summed E-state index contributed by atoms with van der Waals surface area (Å²) in [6, 6.07) is 0. The number of halogens is 4. The molecule has 0 aliphatic rings. The Morgan fingerprint density at radius 3 is 1.94 bits per heavy atom. The first-order chi connectivity index (χ1) is 8.41. The van der Waals surface area contributed by atoms with E-state index >= 15 is 0 Å². The van der Waals surface area contributed by atoms with Gasteiger partial charge in [0.2, 0.25) is 0 Å². The van der Waals surface area contributed by atoms with Gasteiger partial charge in [0.05, 0.1) is 4.90 Å². The Labute approximate surface area is 105 Å². The molecule has 0 bridgehead atoms. The lowest BCUT2D eigenvalue weighted by atomic mass is 10.1. The minimum Gasteiger partial charge on any atom is -0.365 e. The molecule has 100 valence electrons. The van der Waals surface area contributed by atoms with Crippen molar-refractivity contribution in [1.82, 2.24) is 0 Å². The van der Waals surface area contributed by atoms with Gasteiger partial charge in [-0.1, -0.05) is 0 Å². The van der Waals surface area contributed by atoms with E-state index in [0.29, 0.717) is 18.2 Å². The van der Waals surface area contributed by atoms with E-state index in [0.717, 1.165) is 0 Å². The Kier molecular flexibility index (Phi) is 4.97. The molecule has 0 spiro atoms. The van der Waals surface area contributed by atoms with Crippen LogP contribution < -0.4 is 11.5 Å². The fourth-order valence-electron chi connectivity index (χ4n) is 1.21. The monoisotopic (exact) mass is 282 g/mol. The van der Waals surface area contributed by atoms with E-state index in [1.807, 2.05) is 0 Å². The molecule has 0 atom stereocenters. The Hall–Kier alpha value is -1.28. The predicted octanol–water partition coefficient (Wildman–Crippen LogP) is 1.78. The maximum Gasteiger partial charge on any atom is 0.254 e. The van der Waals surface area contributed by atoms with Crippen LogP contribution in [0.4, 0.5) is 17.6 Å². The minimum atomic E-state index is -1.78. The summed E-state index contributed by atoms with van der Waals surface area (Å²) in [4.78, 5) is 9.89. The highest BCUT2D eigenvalue weighted by molar-refractivity contribution is 7.99. The van der Waals surface area contributed by atoms with Crippen molar-refractivity contribution in [3.8, 4) is 0 Å². The van der Waals surface area contributed by atoms with Gasteiger partial charge in [-0.15, -0.1) is 11.8 Å². The predicted molar refractivity (Wildman–Crippen MR) is 59.2 cm³/mol. The van der Waals surface area contributed by atoms with Gasteiger partial charge in [-0.05, 0) is 18.7 Å². The van der Waals surface area contributed by atoms with Crippen molar-refractivity contribution < 1.29 is 22.4 Å². The third-order valence-corrected chi connectivity index (χ3v) is 3.20. The third kappa shape index (κ3) is 2.75. The van der Waals surface area contributed by atoms with Crippen LogP contribution in [0.1, 0.15) is 16.8 Å². The summed E-state index contributed by atoms with van der Waals surface area (Å²) in [5, 5.41) is 0. The van der Waals surface area contributed by atoms with Crippen molar-refractivity contribution >= 4 is 17.7 Å². The molecule has 1 rings (SSSR count). The lowest BCUT2D eigenvalue weighted by Gasteiger charge is -2.09. The van der Waals surface area contributed by atoms with E-state index in [1.54, 1.807) is 0 Å². The van der Waals surface area contributed by atoms with E-state index in [4.69, 9.17) is 5.73 Å². The van der Waals surface area contributed by atoms with Gasteiger partial charge in [0.15, 0.2) is 23.3 Å². The summed E-state index contributed by atoms with van der Waals surface area (Å²) in [6.07, 6.45) is 0.421. The van der Waals surface area contributed by atoms with E-state index in [2.05, 4.69) is 5.73 Å². The van der Waals surface area contributed by atoms with Gasteiger partial charge >= 0.3 is 0 Å². The van der Waals surface area contributed by atoms with Crippen LogP contribution in [0.15, 0.2) is 4.90 Å². The van der Waals surface area contributed by atoms with Crippen molar-refractivity contribution in [1.29, 1.82) is 0 Å². The second-order valence-electron chi connectivity index (χ2n) is 3.31. The van der Waals surface area contributed by atoms with E-state index in [9.17, 15) is 22.4 Å². The maximum atomic E-state index is 13.4. The molecule has 0 aromatic heterocycles. The van der Waals surface area contributed by atoms with E-state index < -0.39 is 39.6 Å². The lowest BCUT2D eigenvalue weighted by Crippen LogP contribution is -2.18. The summed E-state index contributed by atoms with van der Waals surface area (Å²) in [5.74, 6) is -8.18. The molecule has 0 heterocycles. The topological polar surface area (TPSA) is 69.1 Å². The van der Waals surface area contributed by atoms with Crippen LogP contribution in [0.3, 0.4) is 0 Å². The molecular formula is C10H10F4N2OS. The van der Waals surface area contributed by atoms with Crippen LogP contribution in [0.25, 0.3) is 0 Å². The number of amides is 1. The molecule has 0 radical (unpaired) electrons. The van der Waals surface area contributed by atoms with Crippen molar-refractivity contribution in [3.05, 3.63) is 28.8 Å². The molecule has 1 amide bonds. The highest BCUT2D eigenvalue weighted by atomic mass is 32.2. The van der Waals surface area contributed by atoms with E-state index in [-0.39, 0.29) is 12.3 Å². The molecule has 3 nitrogen and oxygen atoms in total. The molecule has 8 heteroatoms. The van der Waals surface area contributed by atoms with Gasteiger partial charge in [-0.3, -0.25) is 4.79 Å². The second-order valence-corrected chi connectivity index (χ2v) is 4.42. The zero-order valence-electron chi connectivity index (χ0n) is 9.10. The molecule has 0 aliphatic heterocycles. The average Bonchev–Trinajstić information content (AvgIpc) is 2.31. The number of carbonyl (C=O) groups excluding carboxylic acids is 1. The van der Waals surface area contributed by atoms with Crippen LogP contribution in [0.5, 0.6) is 0 Å². The highest BCUT2D eigenvalue weighted by Crippen LogP contribution is 2.31. The van der Waals surface area contributed by atoms with Crippen molar-refractivity contribution in [3.63, 3.8) is 0 Å². The first kappa shape index (κ1) is 14.8. The first-order valence-electron chi connectivity index (χ1n) is 4.90. The van der Waals surface area contributed by atoms with Crippen LogP contribution >= 0.6 is 11.8 Å². The molecule has 0 fully saturated rings. The van der Waals surface area contributed by atoms with Gasteiger partial charge in [-0.25, -0.2) is 17.6 Å². The Morgan fingerprint density at radius 1 is 1.06 bits per heavy atom. The fraction of sp³-hybridized carbons (Fsp3) is 0.300. The minimum absolute atomic E-state index is 0.194. The van der Waals surface area contributed by atoms with Crippen molar-refractivity contribution in [2.24, 2.45) is 11.5 Å². The number of nitrogens with two attached hydrogens (primary N) is 2. The fourth-order valence-corrected chi connectivity index (χ4v) is 2.16. The summed E-state index contributed by atoms with van der Waals surface area (Å²) in [5.41, 5.74) is 8.42. The average molecular weight is 282 g/mol. The normalized spacial score (nSPS) is 10.7. The molecule has 1 aromatic carbocycles. The summed E-state index contributed by atoms with van der Waals surface area (Å²) >= 11 is 0.585. The van der Waals surface area contributed by atoms with E-state index in [1.165, 1.54) is 0 Å². The van der Waals surface area contributed by atoms with Gasteiger partial charge in [0.25, 0.3) is 5.91 Å². The van der Waals surface area contributed by atoms with Gasteiger partial charge in [-0.2, -0.15) is 0 Å². The number of hydrogen-bond donors (Lipinski definition) is 2. The molecule has 0 saturated carbocycles.